The fourth-order valence-corrected chi connectivity index (χ4v) is 2.95. The first kappa shape index (κ1) is 15.8. The predicted octanol–water partition coefficient (Wildman–Crippen LogP) is 3.36. The van der Waals surface area contributed by atoms with Crippen molar-refractivity contribution < 1.29 is 9.90 Å². The number of aromatic carboxylic acids is 1. The number of hydrogen-bond donors (Lipinski definition) is 1. The third-order valence-electron chi connectivity index (χ3n) is 4.17. The number of anilines is 1. The maximum Gasteiger partial charge on any atom is 0.335 e. The lowest BCUT2D eigenvalue weighted by atomic mass is 10.1. The van der Waals surface area contributed by atoms with Gasteiger partial charge in [0.15, 0.2) is 0 Å². The average molecular weight is 331 g/mol. The van der Waals surface area contributed by atoms with E-state index < -0.39 is 5.97 Å². The smallest absolute Gasteiger partial charge is 0.335 e. The van der Waals surface area contributed by atoms with Crippen LogP contribution in [0.25, 0.3) is 0 Å². The molecule has 23 heavy (non-hydrogen) atoms. The van der Waals surface area contributed by atoms with Gasteiger partial charge in [0.25, 0.3) is 0 Å². The standard InChI is InChI=1S/C18H19ClN2O2/c19-16-5-7-17(8-6-16)21-11-9-20(10-12-21)13-14-1-3-15(4-2-14)18(22)23/h1-8H,9-13H2,(H,22,23). The first-order valence-electron chi connectivity index (χ1n) is 7.67. The Kier molecular flexibility index (Phi) is 4.84. The van der Waals surface area contributed by atoms with Gasteiger partial charge in [0.05, 0.1) is 5.56 Å². The van der Waals surface area contributed by atoms with Crippen LogP contribution in [-0.4, -0.2) is 42.2 Å². The molecule has 1 aliphatic heterocycles. The second-order valence-corrected chi connectivity index (χ2v) is 6.18. The molecule has 0 radical (unpaired) electrons. The molecule has 0 spiro atoms. The third kappa shape index (κ3) is 4.03. The molecule has 0 atom stereocenters. The van der Waals surface area contributed by atoms with E-state index in [1.54, 1.807) is 12.1 Å². The highest BCUT2D eigenvalue weighted by molar-refractivity contribution is 6.30. The van der Waals surface area contributed by atoms with E-state index in [4.69, 9.17) is 16.7 Å². The van der Waals surface area contributed by atoms with Crippen molar-refractivity contribution in [3.05, 3.63) is 64.7 Å². The molecule has 0 aromatic heterocycles. The van der Waals surface area contributed by atoms with Gasteiger partial charge < -0.3 is 10.0 Å². The molecule has 120 valence electrons. The van der Waals surface area contributed by atoms with E-state index in [0.717, 1.165) is 43.3 Å². The Bertz CT molecular complexity index is 662. The summed E-state index contributed by atoms with van der Waals surface area (Å²) >= 11 is 5.93. The molecule has 1 saturated heterocycles. The van der Waals surface area contributed by atoms with E-state index in [0.29, 0.717) is 5.56 Å². The number of rotatable bonds is 4. The molecule has 2 aromatic rings. The van der Waals surface area contributed by atoms with E-state index in [2.05, 4.69) is 21.9 Å². The molecule has 0 unspecified atom stereocenters. The quantitative estimate of drug-likeness (QED) is 0.933. The van der Waals surface area contributed by atoms with E-state index in [9.17, 15) is 4.79 Å². The van der Waals surface area contributed by atoms with Crippen LogP contribution in [0.15, 0.2) is 48.5 Å². The van der Waals surface area contributed by atoms with E-state index >= 15 is 0 Å². The lowest BCUT2D eigenvalue weighted by Crippen LogP contribution is -2.45. The Balaban J connectivity index is 1.54. The summed E-state index contributed by atoms with van der Waals surface area (Å²) in [5.74, 6) is -0.881. The molecule has 1 fully saturated rings. The van der Waals surface area contributed by atoms with Gasteiger partial charge in [-0.05, 0) is 42.0 Å². The second-order valence-electron chi connectivity index (χ2n) is 5.74. The van der Waals surface area contributed by atoms with Gasteiger partial charge in [-0.1, -0.05) is 23.7 Å². The zero-order valence-corrected chi connectivity index (χ0v) is 13.5. The minimum absolute atomic E-state index is 0.335. The molecule has 1 aliphatic rings. The van der Waals surface area contributed by atoms with Crippen LogP contribution in [0.4, 0.5) is 5.69 Å². The van der Waals surface area contributed by atoms with Crippen LogP contribution in [-0.2, 0) is 6.54 Å². The van der Waals surface area contributed by atoms with Gasteiger partial charge in [0, 0.05) is 43.4 Å². The maximum atomic E-state index is 10.9. The summed E-state index contributed by atoms with van der Waals surface area (Å²) in [6, 6.07) is 15.1. The molecule has 0 saturated carbocycles. The Morgan fingerprint density at radius 1 is 0.957 bits per heavy atom. The highest BCUT2D eigenvalue weighted by Gasteiger charge is 2.17. The Morgan fingerprint density at radius 2 is 1.57 bits per heavy atom. The highest BCUT2D eigenvalue weighted by atomic mass is 35.5. The Labute approximate surface area is 140 Å². The summed E-state index contributed by atoms with van der Waals surface area (Å²) in [5.41, 5.74) is 2.69. The average Bonchev–Trinajstić information content (AvgIpc) is 2.57. The van der Waals surface area contributed by atoms with E-state index in [-0.39, 0.29) is 0 Å². The van der Waals surface area contributed by atoms with Crippen molar-refractivity contribution in [3.63, 3.8) is 0 Å². The number of carbonyl (C=O) groups is 1. The van der Waals surface area contributed by atoms with Crippen molar-refractivity contribution in [2.24, 2.45) is 0 Å². The normalized spacial score (nSPS) is 15.6. The van der Waals surface area contributed by atoms with Gasteiger partial charge >= 0.3 is 5.97 Å². The summed E-state index contributed by atoms with van der Waals surface area (Å²) in [5, 5.41) is 9.69. The topological polar surface area (TPSA) is 43.8 Å². The largest absolute Gasteiger partial charge is 0.478 e. The monoisotopic (exact) mass is 330 g/mol. The number of benzene rings is 2. The minimum Gasteiger partial charge on any atom is -0.478 e. The number of carboxylic acid groups (broad SMARTS) is 1. The molecule has 3 rings (SSSR count). The van der Waals surface area contributed by atoms with E-state index in [1.165, 1.54) is 5.69 Å². The zero-order chi connectivity index (χ0) is 16.2. The van der Waals surface area contributed by atoms with Crippen molar-refractivity contribution in [2.45, 2.75) is 6.54 Å². The maximum absolute atomic E-state index is 10.9. The third-order valence-corrected chi connectivity index (χ3v) is 4.42. The SMILES string of the molecule is O=C(O)c1ccc(CN2CCN(c3ccc(Cl)cc3)CC2)cc1. The van der Waals surface area contributed by atoms with Crippen LogP contribution >= 0.6 is 11.6 Å². The van der Waals surface area contributed by atoms with Gasteiger partial charge in [-0.2, -0.15) is 0 Å². The van der Waals surface area contributed by atoms with Crippen molar-refractivity contribution in [1.82, 2.24) is 4.90 Å². The first-order chi connectivity index (χ1) is 11.1. The summed E-state index contributed by atoms with van der Waals surface area (Å²) in [6.07, 6.45) is 0. The van der Waals surface area contributed by atoms with Crippen LogP contribution in [0.3, 0.4) is 0 Å². The fourth-order valence-electron chi connectivity index (χ4n) is 2.83. The van der Waals surface area contributed by atoms with Gasteiger partial charge in [0.2, 0.25) is 0 Å². The number of carboxylic acids is 1. The van der Waals surface area contributed by atoms with Gasteiger partial charge in [-0.3, -0.25) is 4.90 Å². The van der Waals surface area contributed by atoms with Gasteiger partial charge in [-0.25, -0.2) is 4.79 Å². The summed E-state index contributed by atoms with van der Waals surface area (Å²) < 4.78 is 0. The molecule has 0 bridgehead atoms. The van der Waals surface area contributed by atoms with Crippen LogP contribution in [0.1, 0.15) is 15.9 Å². The summed E-state index contributed by atoms with van der Waals surface area (Å²) in [6.45, 7) is 4.80. The number of piperazine rings is 1. The first-order valence-corrected chi connectivity index (χ1v) is 8.05. The summed E-state index contributed by atoms with van der Waals surface area (Å²) in [4.78, 5) is 15.6. The zero-order valence-electron chi connectivity index (χ0n) is 12.8. The van der Waals surface area contributed by atoms with Crippen LogP contribution in [0.2, 0.25) is 5.02 Å². The van der Waals surface area contributed by atoms with Gasteiger partial charge in [0.1, 0.15) is 0 Å². The lowest BCUT2D eigenvalue weighted by molar-refractivity contribution is 0.0697. The lowest BCUT2D eigenvalue weighted by Gasteiger charge is -2.36. The Hall–Kier alpha value is -2.04. The minimum atomic E-state index is -0.881. The second kappa shape index (κ2) is 7.02. The molecule has 2 aromatic carbocycles. The summed E-state index contributed by atoms with van der Waals surface area (Å²) in [7, 11) is 0. The number of halogens is 1. The van der Waals surface area contributed by atoms with E-state index in [1.807, 2.05) is 24.3 Å². The van der Waals surface area contributed by atoms with Crippen molar-refractivity contribution in [1.29, 1.82) is 0 Å². The molecule has 5 heteroatoms. The van der Waals surface area contributed by atoms with Crippen molar-refractivity contribution in [2.75, 3.05) is 31.1 Å². The molecule has 0 amide bonds. The highest BCUT2D eigenvalue weighted by Crippen LogP contribution is 2.20. The Morgan fingerprint density at radius 3 is 2.13 bits per heavy atom. The predicted molar refractivity (Wildman–Crippen MR) is 92.3 cm³/mol. The molecular weight excluding hydrogens is 312 g/mol. The number of hydrogen-bond acceptors (Lipinski definition) is 3. The van der Waals surface area contributed by atoms with Crippen LogP contribution in [0.5, 0.6) is 0 Å². The molecule has 4 nitrogen and oxygen atoms in total. The molecule has 1 N–H and O–H groups in total. The molecule has 1 heterocycles. The molecular formula is C18H19ClN2O2. The number of nitrogens with zero attached hydrogens (tertiary/aromatic N) is 2. The van der Waals surface area contributed by atoms with Crippen molar-refractivity contribution in [3.8, 4) is 0 Å². The molecule has 0 aliphatic carbocycles. The fraction of sp³-hybridized carbons (Fsp3) is 0.278. The van der Waals surface area contributed by atoms with Gasteiger partial charge in [-0.15, -0.1) is 0 Å². The van der Waals surface area contributed by atoms with Crippen LogP contribution < -0.4 is 4.90 Å². The van der Waals surface area contributed by atoms with Crippen molar-refractivity contribution >= 4 is 23.3 Å². The van der Waals surface area contributed by atoms with Crippen LogP contribution in [0, 0.1) is 0 Å².